The minimum absolute atomic E-state index is 0.145. The molecule has 13 nitrogen and oxygen atoms in total. The molecule has 0 aromatic heterocycles. The molecule has 0 N–H and O–H groups in total. The van der Waals surface area contributed by atoms with E-state index in [-0.39, 0.29) is 19.2 Å². The Morgan fingerprint density at radius 3 is 1.00 bits per heavy atom. The number of hydrogen-bond acceptors (Lipinski definition) is 13. The van der Waals surface area contributed by atoms with E-state index in [0.717, 1.165) is 12.8 Å². The van der Waals surface area contributed by atoms with Gasteiger partial charge in [-0.3, -0.25) is 4.79 Å². The zero-order chi connectivity index (χ0) is 34.3. The van der Waals surface area contributed by atoms with E-state index in [1.807, 2.05) is 0 Å². The minimum Gasteiger partial charge on any atom is -0.463 e. The zero-order valence-corrected chi connectivity index (χ0v) is 29.3. The second kappa shape index (κ2) is 38.8. The second-order valence-electron chi connectivity index (χ2n) is 10.5. The standard InChI is InChI=1S/C34H64O13/c1-4-5-6-7-8-9-10-11-33(35)46-30-28-44-26-24-42-22-20-40-18-16-38-14-12-37-13-15-39-17-19-41-21-23-43-25-27-45-29-31-47-34(36)32(2)3/h2,4-31H2,1,3H3. The summed E-state index contributed by atoms with van der Waals surface area (Å²) in [5, 5.41) is 0. The van der Waals surface area contributed by atoms with Gasteiger partial charge in [-0.25, -0.2) is 4.79 Å². The summed E-state index contributed by atoms with van der Waals surface area (Å²) in [4.78, 5) is 22.9. The maximum absolute atomic E-state index is 11.7. The van der Waals surface area contributed by atoms with Crippen LogP contribution in [-0.2, 0) is 61.7 Å². The Balaban J connectivity index is 3.12. The van der Waals surface area contributed by atoms with Crippen LogP contribution in [0, 0.1) is 0 Å². The van der Waals surface area contributed by atoms with Crippen molar-refractivity contribution >= 4 is 11.9 Å². The van der Waals surface area contributed by atoms with E-state index in [0.29, 0.717) is 131 Å². The molecule has 0 aliphatic heterocycles. The van der Waals surface area contributed by atoms with Crippen LogP contribution in [0.3, 0.4) is 0 Å². The number of carbonyl (C=O) groups excluding carboxylic acids is 2. The lowest BCUT2D eigenvalue weighted by molar-refractivity contribution is -0.145. The molecule has 47 heavy (non-hydrogen) atoms. The molecule has 13 heteroatoms. The van der Waals surface area contributed by atoms with Crippen LogP contribution in [0.5, 0.6) is 0 Å². The molecule has 0 aliphatic carbocycles. The predicted octanol–water partition coefficient (Wildman–Crippen LogP) is 3.94. The van der Waals surface area contributed by atoms with E-state index in [1.54, 1.807) is 6.92 Å². The molecular formula is C34H64O13. The molecule has 0 amide bonds. The first-order valence-corrected chi connectivity index (χ1v) is 17.3. The van der Waals surface area contributed by atoms with Crippen molar-refractivity contribution in [2.24, 2.45) is 0 Å². The van der Waals surface area contributed by atoms with Crippen molar-refractivity contribution in [3.05, 3.63) is 12.2 Å². The molecule has 0 heterocycles. The fourth-order valence-electron chi connectivity index (χ4n) is 3.69. The van der Waals surface area contributed by atoms with Crippen molar-refractivity contribution in [3.63, 3.8) is 0 Å². The first-order chi connectivity index (χ1) is 23.1. The van der Waals surface area contributed by atoms with E-state index in [4.69, 9.17) is 52.1 Å². The summed E-state index contributed by atoms with van der Waals surface area (Å²) < 4.78 is 59.0. The number of rotatable bonds is 39. The molecule has 0 aromatic carbocycles. The third kappa shape index (κ3) is 38.6. The van der Waals surface area contributed by atoms with E-state index in [2.05, 4.69) is 13.5 Å². The molecule has 0 saturated heterocycles. The normalized spacial score (nSPS) is 11.2. The van der Waals surface area contributed by atoms with Crippen molar-refractivity contribution in [2.75, 3.05) is 132 Å². The highest BCUT2D eigenvalue weighted by Gasteiger charge is 2.03. The van der Waals surface area contributed by atoms with Gasteiger partial charge in [0, 0.05) is 12.0 Å². The Kier molecular flexibility index (Phi) is 37.4. The topological polar surface area (TPSA) is 136 Å². The maximum atomic E-state index is 11.7. The van der Waals surface area contributed by atoms with Crippen molar-refractivity contribution in [3.8, 4) is 0 Å². The van der Waals surface area contributed by atoms with Gasteiger partial charge in [0.05, 0.1) is 119 Å². The first kappa shape index (κ1) is 45.3. The SMILES string of the molecule is C=C(C)C(=O)OCCOCCOCCOCCOCCOCCOCCOCCOCCOCCOC(=O)CCCCCCCCC. The Hall–Kier alpha value is -1.68. The smallest absolute Gasteiger partial charge is 0.333 e. The van der Waals surface area contributed by atoms with Gasteiger partial charge < -0.3 is 52.1 Å². The van der Waals surface area contributed by atoms with Crippen molar-refractivity contribution in [1.82, 2.24) is 0 Å². The Bertz CT molecular complexity index is 693. The van der Waals surface area contributed by atoms with Gasteiger partial charge in [-0.2, -0.15) is 0 Å². The average molecular weight is 681 g/mol. The molecule has 0 atom stereocenters. The summed E-state index contributed by atoms with van der Waals surface area (Å²) in [5.74, 6) is -0.559. The highest BCUT2D eigenvalue weighted by Crippen LogP contribution is 2.08. The highest BCUT2D eigenvalue weighted by atomic mass is 16.6. The van der Waals surface area contributed by atoms with Gasteiger partial charge in [0.1, 0.15) is 13.2 Å². The van der Waals surface area contributed by atoms with Crippen LogP contribution < -0.4 is 0 Å². The largest absolute Gasteiger partial charge is 0.463 e. The number of hydrogen-bond donors (Lipinski definition) is 0. The number of unbranched alkanes of at least 4 members (excludes halogenated alkanes) is 6. The summed E-state index contributed by atoms with van der Waals surface area (Å²) >= 11 is 0. The minimum atomic E-state index is -0.414. The lowest BCUT2D eigenvalue weighted by atomic mass is 10.1. The fraction of sp³-hybridized carbons (Fsp3) is 0.882. The number of ether oxygens (including phenoxy) is 11. The maximum Gasteiger partial charge on any atom is 0.333 e. The van der Waals surface area contributed by atoms with Crippen molar-refractivity contribution < 1.29 is 61.7 Å². The monoisotopic (exact) mass is 680 g/mol. The van der Waals surface area contributed by atoms with Gasteiger partial charge >= 0.3 is 11.9 Å². The summed E-state index contributed by atoms with van der Waals surface area (Å²) in [6, 6.07) is 0. The number of carbonyl (C=O) groups is 2. The molecule has 0 fully saturated rings. The highest BCUT2D eigenvalue weighted by molar-refractivity contribution is 5.86. The Labute approximate surface area is 283 Å². The van der Waals surface area contributed by atoms with Gasteiger partial charge in [0.15, 0.2) is 0 Å². The Morgan fingerprint density at radius 1 is 0.404 bits per heavy atom. The molecule has 278 valence electrons. The van der Waals surface area contributed by atoms with Crippen LogP contribution in [0.1, 0.15) is 65.2 Å². The van der Waals surface area contributed by atoms with Crippen LogP contribution in [0.4, 0.5) is 0 Å². The summed E-state index contributed by atoms with van der Waals surface area (Å²) in [5.41, 5.74) is 0.368. The average Bonchev–Trinajstić information content (AvgIpc) is 3.06. The molecule has 0 aliphatic rings. The fourth-order valence-corrected chi connectivity index (χ4v) is 3.69. The van der Waals surface area contributed by atoms with Crippen LogP contribution in [0.15, 0.2) is 12.2 Å². The molecule has 0 radical (unpaired) electrons. The molecule has 0 bridgehead atoms. The van der Waals surface area contributed by atoms with Gasteiger partial charge in [-0.05, 0) is 13.3 Å². The summed E-state index contributed by atoms with van der Waals surface area (Å²) in [7, 11) is 0. The van der Waals surface area contributed by atoms with Crippen LogP contribution in [0.2, 0.25) is 0 Å². The van der Waals surface area contributed by atoms with Crippen LogP contribution in [-0.4, -0.2) is 144 Å². The third-order valence-electron chi connectivity index (χ3n) is 6.26. The van der Waals surface area contributed by atoms with Gasteiger partial charge in [-0.1, -0.05) is 52.0 Å². The quantitative estimate of drug-likeness (QED) is 0.0527. The van der Waals surface area contributed by atoms with Crippen LogP contribution >= 0.6 is 0 Å². The van der Waals surface area contributed by atoms with E-state index in [9.17, 15) is 9.59 Å². The van der Waals surface area contributed by atoms with Gasteiger partial charge in [0.25, 0.3) is 0 Å². The summed E-state index contributed by atoms with van der Waals surface area (Å²) in [6.45, 7) is 16.1. The molecule has 0 aromatic rings. The predicted molar refractivity (Wildman–Crippen MR) is 177 cm³/mol. The summed E-state index contributed by atoms with van der Waals surface area (Å²) in [6.07, 6.45) is 8.77. The van der Waals surface area contributed by atoms with E-state index >= 15 is 0 Å². The Morgan fingerprint density at radius 2 is 0.681 bits per heavy atom. The lowest BCUT2D eigenvalue weighted by Gasteiger charge is -2.09. The molecule has 0 rings (SSSR count). The van der Waals surface area contributed by atoms with E-state index < -0.39 is 5.97 Å². The molecule has 0 saturated carbocycles. The van der Waals surface area contributed by atoms with Crippen LogP contribution in [0.25, 0.3) is 0 Å². The molecule has 0 spiro atoms. The number of esters is 2. The third-order valence-corrected chi connectivity index (χ3v) is 6.26. The first-order valence-electron chi connectivity index (χ1n) is 17.3. The van der Waals surface area contributed by atoms with E-state index in [1.165, 1.54) is 32.1 Å². The van der Waals surface area contributed by atoms with Gasteiger partial charge in [-0.15, -0.1) is 0 Å². The molecule has 0 unspecified atom stereocenters. The van der Waals surface area contributed by atoms with Gasteiger partial charge in [0.2, 0.25) is 0 Å². The van der Waals surface area contributed by atoms with Crippen molar-refractivity contribution in [2.45, 2.75) is 65.2 Å². The lowest BCUT2D eigenvalue weighted by Crippen LogP contribution is -2.16. The zero-order valence-electron chi connectivity index (χ0n) is 29.3. The van der Waals surface area contributed by atoms with Crippen molar-refractivity contribution in [1.29, 1.82) is 0 Å². The second-order valence-corrected chi connectivity index (χ2v) is 10.5. The molecular weight excluding hydrogens is 616 g/mol.